The van der Waals surface area contributed by atoms with Crippen molar-refractivity contribution in [3.8, 4) is 0 Å². The zero-order chi connectivity index (χ0) is 17.9. The topological polar surface area (TPSA) is 73.8 Å². The van der Waals surface area contributed by atoms with Gasteiger partial charge in [-0.05, 0) is 23.8 Å². The summed E-state index contributed by atoms with van der Waals surface area (Å²) in [6.45, 7) is 0.722. The number of nitro benzene ring substituents is 1. The second-order valence-corrected chi connectivity index (χ2v) is 6.81. The van der Waals surface area contributed by atoms with Gasteiger partial charge in [0.05, 0.1) is 27.9 Å². The van der Waals surface area contributed by atoms with E-state index in [-0.39, 0.29) is 5.69 Å². The quantitative estimate of drug-likeness (QED) is 0.383. The van der Waals surface area contributed by atoms with Gasteiger partial charge in [0.25, 0.3) is 5.69 Å². The zero-order valence-electron chi connectivity index (χ0n) is 13.6. The van der Waals surface area contributed by atoms with E-state index in [1.54, 1.807) is 12.3 Å². The van der Waals surface area contributed by atoms with E-state index in [4.69, 9.17) is 0 Å². The molecule has 4 rings (SSSR count). The first kappa shape index (κ1) is 16.2. The van der Waals surface area contributed by atoms with Gasteiger partial charge in [0, 0.05) is 23.9 Å². The molecule has 0 aliphatic heterocycles. The second-order valence-electron chi connectivity index (χ2n) is 5.75. The molecule has 0 aliphatic rings. The van der Waals surface area contributed by atoms with Crippen LogP contribution in [0.2, 0.25) is 0 Å². The number of thiazole rings is 1. The van der Waals surface area contributed by atoms with E-state index in [9.17, 15) is 10.1 Å². The Bertz CT molecular complexity index is 1100. The summed E-state index contributed by atoms with van der Waals surface area (Å²) in [5.74, 6) is 0. The van der Waals surface area contributed by atoms with Gasteiger partial charge in [0.15, 0.2) is 0 Å². The monoisotopic (exact) mass is 362 g/mol. The number of aromatic nitrogens is 3. The molecule has 0 radical (unpaired) electrons. The van der Waals surface area contributed by atoms with Crippen LogP contribution in [-0.4, -0.2) is 19.7 Å². The van der Waals surface area contributed by atoms with Crippen molar-refractivity contribution in [2.45, 2.75) is 6.54 Å². The number of hydrogen-bond acceptors (Lipinski definition) is 5. The summed E-state index contributed by atoms with van der Waals surface area (Å²) in [5, 5.41) is 16.0. The number of benzene rings is 2. The van der Waals surface area contributed by atoms with Gasteiger partial charge in [0.2, 0.25) is 0 Å². The fourth-order valence-electron chi connectivity index (χ4n) is 2.61. The number of non-ortho nitro benzene ring substituents is 1. The molecular formula is C19H14N4O2S. The lowest BCUT2D eigenvalue weighted by atomic mass is 10.2. The highest BCUT2D eigenvalue weighted by Crippen LogP contribution is 2.27. The predicted octanol–water partition coefficient (Wildman–Crippen LogP) is 4.62. The summed E-state index contributed by atoms with van der Waals surface area (Å²) in [6, 6.07) is 14.9. The summed E-state index contributed by atoms with van der Waals surface area (Å²) in [7, 11) is 0. The summed E-state index contributed by atoms with van der Waals surface area (Å²) in [4.78, 5) is 14.9. The molecular weight excluding hydrogens is 348 g/mol. The Hall–Kier alpha value is -3.32. The standard InChI is InChI=1S/C19H14N4O2S/c24-23(25)16-7-8-18-17(10-16)21-19(26-18)9-6-15-11-20-22(13-15)12-14-4-2-1-3-5-14/h1-11,13H,12H2/b9-6+. The number of nitro groups is 1. The Morgan fingerprint density at radius 1 is 1.15 bits per heavy atom. The zero-order valence-corrected chi connectivity index (χ0v) is 14.5. The minimum atomic E-state index is -0.407. The van der Waals surface area contributed by atoms with Gasteiger partial charge < -0.3 is 0 Å². The number of rotatable bonds is 5. The molecule has 2 aromatic carbocycles. The highest BCUT2D eigenvalue weighted by molar-refractivity contribution is 7.19. The van der Waals surface area contributed by atoms with Crippen molar-refractivity contribution in [3.05, 3.63) is 87.2 Å². The fraction of sp³-hybridized carbons (Fsp3) is 0.0526. The smallest absolute Gasteiger partial charge is 0.268 e. The van der Waals surface area contributed by atoms with Crippen LogP contribution in [0.25, 0.3) is 22.4 Å². The highest BCUT2D eigenvalue weighted by atomic mass is 32.1. The third-order valence-corrected chi connectivity index (χ3v) is 4.86. The lowest BCUT2D eigenvalue weighted by Crippen LogP contribution is -1.99. The van der Waals surface area contributed by atoms with Crippen molar-refractivity contribution in [2.24, 2.45) is 0 Å². The van der Waals surface area contributed by atoms with E-state index in [0.717, 1.165) is 21.8 Å². The van der Waals surface area contributed by atoms with Crippen molar-refractivity contribution >= 4 is 39.4 Å². The van der Waals surface area contributed by atoms with Gasteiger partial charge in [-0.3, -0.25) is 14.8 Å². The van der Waals surface area contributed by atoms with Gasteiger partial charge in [-0.15, -0.1) is 11.3 Å². The second kappa shape index (κ2) is 6.89. The van der Waals surface area contributed by atoms with Gasteiger partial charge >= 0.3 is 0 Å². The van der Waals surface area contributed by atoms with E-state index in [1.165, 1.54) is 29.0 Å². The molecule has 0 saturated heterocycles. The van der Waals surface area contributed by atoms with E-state index < -0.39 is 4.92 Å². The van der Waals surface area contributed by atoms with Crippen molar-refractivity contribution < 1.29 is 4.92 Å². The molecule has 2 heterocycles. The molecule has 0 bridgehead atoms. The molecule has 26 heavy (non-hydrogen) atoms. The van der Waals surface area contributed by atoms with E-state index in [1.807, 2.05) is 41.2 Å². The van der Waals surface area contributed by atoms with Crippen molar-refractivity contribution in [1.82, 2.24) is 14.8 Å². The van der Waals surface area contributed by atoms with Gasteiger partial charge in [0.1, 0.15) is 5.01 Å². The first-order valence-electron chi connectivity index (χ1n) is 7.97. The molecule has 0 unspecified atom stereocenters. The molecule has 0 aliphatic carbocycles. The van der Waals surface area contributed by atoms with E-state index in [2.05, 4.69) is 22.2 Å². The molecule has 0 fully saturated rings. The van der Waals surface area contributed by atoms with Crippen LogP contribution < -0.4 is 0 Å². The molecule has 0 saturated carbocycles. The summed E-state index contributed by atoms with van der Waals surface area (Å²) in [6.07, 6.45) is 7.63. The SMILES string of the molecule is O=[N+]([O-])c1ccc2sc(/C=C/c3cnn(Cc4ccccc4)c3)nc2c1. The number of hydrogen-bond donors (Lipinski definition) is 0. The maximum atomic E-state index is 10.9. The molecule has 0 amide bonds. The Morgan fingerprint density at radius 2 is 2.00 bits per heavy atom. The van der Waals surface area contributed by atoms with Crippen LogP contribution in [0.1, 0.15) is 16.1 Å². The van der Waals surface area contributed by atoms with Gasteiger partial charge in [-0.25, -0.2) is 4.98 Å². The van der Waals surface area contributed by atoms with Crippen molar-refractivity contribution in [2.75, 3.05) is 0 Å². The molecule has 0 atom stereocenters. The molecule has 6 nitrogen and oxygen atoms in total. The summed E-state index contributed by atoms with van der Waals surface area (Å²) >= 11 is 1.50. The van der Waals surface area contributed by atoms with Crippen molar-refractivity contribution in [1.29, 1.82) is 0 Å². The molecule has 7 heteroatoms. The Balaban J connectivity index is 1.51. The molecule has 4 aromatic rings. The Labute approximate surface area is 153 Å². The maximum absolute atomic E-state index is 10.9. The van der Waals surface area contributed by atoms with E-state index in [0.29, 0.717) is 5.52 Å². The number of fused-ring (bicyclic) bond motifs is 1. The lowest BCUT2D eigenvalue weighted by molar-refractivity contribution is -0.384. The summed E-state index contributed by atoms with van der Waals surface area (Å²) < 4.78 is 2.81. The number of nitrogens with zero attached hydrogens (tertiary/aromatic N) is 4. The van der Waals surface area contributed by atoms with Crippen LogP contribution in [0.3, 0.4) is 0 Å². The Kier molecular flexibility index (Phi) is 4.28. The third-order valence-electron chi connectivity index (χ3n) is 3.86. The average molecular weight is 362 g/mol. The minimum Gasteiger partial charge on any atom is -0.268 e. The largest absolute Gasteiger partial charge is 0.271 e. The normalized spacial score (nSPS) is 11.4. The lowest BCUT2D eigenvalue weighted by Gasteiger charge is -2.00. The highest BCUT2D eigenvalue weighted by Gasteiger charge is 2.09. The third kappa shape index (κ3) is 3.52. The van der Waals surface area contributed by atoms with Crippen LogP contribution in [0.15, 0.2) is 60.9 Å². The fourth-order valence-corrected chi connectivity index (χ4v) is 3.46. The van der Waals surface area contributed by atoms with Crippen molar-refractivity contribution in [3.63, 3.8) is 0 Å². The summed E-state index contributed by atoms with van der Waals surface area (Å²) in [5.41, 5.74) is 2.87. The van der Waals surface area contributed by atoms with Crippen LogP contribution in [0, 0.1) is 10.1 Å². The average Bonchev–Trinajstić information content (AvgIpc) is 3.26. The van der Waals surface area contributed by atoms with Crippen LogP contribution >= 0.6 is 11.3 Å². The first-order chi connectivity index (χ1) is 12.7. The molecule has 128 valence electrons. The maximum Gasteiger partial charge on any atom is 0.271 e. The molecule has 0 N–H and O–H groups in total. The van der Waals surface area contributed by atoms with Gasteiger partial charge in [-0.1, -0.05) is 30.3 Å². The van der Waals surface area contributed by atoms with Gasteiger partial charge in [-0.2, -0.15) is 5.10 Å². The first-order valence-corrected chi connectivity index (χ1v) is 8.78. The van der Waals surface area contributed by atoms with Crippen LogP contribution in [0.4, 0.5) is 5.69 Å². The van der Waals surface area contributed by atoms with E-state index >= 15 is 0 Å². The van der Waals surface area contributed by atoms with Crippen LogP contribution in [0.5, 0.6) is 0 Å². The van der Waals surface area contributed by atoms with Crippen LogP contribution in [-0.2, 0) is 6.54 Å². The predicted molar refractivity (Wildman–Crippen MR) is 103 cm³/mol. The minimum absolute atomic E-state index is 0.0560. The molecule has 2 aromatic heterocycles. The molecule has 0 spiro atoms. The Morgan fingerprint density at radius 3 is 2.81 bits per heavy atom.